The minimum Gasteiger partial charge on any atom is -0.305 e. The van der Waals surface area contributed by atoms with Crippen molar-refractivity contribution < 1.29 is 13.2 Å². The quantitative estimate of drug-likeness (QED) is 0.644. The van der Waals surface area contributed by atoms with Crippen molar-refractivity contribution in [2.45, 2.75) is 6.54 Å². The maximum Gasteiger partial charge on any atom is 0.194 e. The average molecular weight is 189 g/mol. The van der Waals surface area contributed by atoms with Gasteiger partial charge in [0.05, 0.1) is 0 Å². The molecule has 0 aliphatic carbocycles. The molecule has 0 amide bonds. The van der Waals surface area contributed by atoms with Gasteiger partial charge in [-0.1, -0.05) is 0 Å². The van der Waals surface area contributed by atoms with E-state index in [1.54, 1.807) is 19.0 Å². The Balaban J connectivity index is 2.99. The van der Waals surface area contributed by atoms with Gasteiger partial charge in [-0.2, -0.15) is 0 Å². The van der Waals surface area contributed by atoms with Crippen LogP contribution in [0.25, 0.3) is 0 Å². The predicted octanol–water partition coefficient (Wildman–Crippen LogP) is 2.17. The Kier molecular flexibility index (Phi) is 2.93. The Morgan fingerprint density at radius 3 is 1.92 bits per heavy atom. The molecule has 0 radical (unpaired) electrons. The summed E-state index contributed by atoms with van der Waals surface area (Å²) in [7, 11) is 3.53. The fraction of sp³-hybridized carbons (Fsp3) is 0.333. The minimum absolute atomic E-state index is 0.383. The lowest BCUT2D eigenvalue weighted by Crippen LogP contribution is -2.11. The number of hydrogen-bond donors (Lipinski definition) is 0. The monoisotopic (exact) mass is 189 g/mol. The van der Waals surface area contributed by atoms with Crippen LogP contribution in [0, 0.1) is 17.5 Å². The minimum atomic E-state index is -1.41. The molecule has 1 aromatic carbocycles. The highest BCUT2D eigenvalue weighted by atomic mass is 19.2. The van der Waals surface area contributed by atoms with Gasteiger partial charge in [-0.25, -0.2) is 13.2 Å². The van der Waals surface area contributed by atoms with Crippen LogP contribution in [0.4, 0.5) is 13.2 Å². The van der Waals surface area contributed by atoms with E-state index in [0.29, 0.717) is 12.1 Å². The normalized spacial score (nSPS) is 10.9. The van der Waals surface area contributed by atoms with Crippen LogP contribution in [0.3, 0.4) is 0 Å². The summed E-state index contributed by atoms with van der Waals surface area (Å²) in [6.07, 6.45) is 0. The number of nitrogens with zero attached hydrogens (tertiary/aromatic N) is 1. The van der Waals surface area contributed by atoms with Gasteiger partial charge in [-0.15, -0.1) is 0 Å². The molecule has 0 atom stereocenters. The molecule has 0 N–H and O–H groups in total. The van der Waals surface area contributed by atoms with E-state index in [-0.39, 0.29) is 0 Å². The molecule has 0 bridgehead atoms. The SMILES string of the molecule is CN(C)Cc1cc(F)c(F)c(F)c1. The van der Waals surface area contributed by atoms with Crippen LogP contribution < -0.4 is 0 Å². The van der Waals surface area contributed by atoms with Crippen LogP contribution in [0.5, 0.6) is 0 Å². The summed E-state index contributed by atoms with van der Waals surface area (Å²) in [5.74, 6) is -3.70. The van der Waals surface area contributed by atoms with Crippen molar-refractivity contribution in [1.82, 2.24) is 4.90 Å². The maximum atomic E-state index is 12.7. The second kappa shape index (κ2) is 3.79. The zero-order valence-corrected chi connectivity index (χ0v) is 7.44. The molecule has 0 aromatic heterocycles. The van der Waals surface area contributed by atoms with Crippen LogP contribution in [0.2, 0.25) is 0 Å². The lowest BCUT2D eigenvalue weighted by Gasteiger charge is -2.09. The first kappa shape index (κ1) is 10.1. The first-order chi connectivity index (χ1) is 6.00. The summed E-state index contributed by atoms with van der Waals surface area (Å²) in [5, 5.41) is 0. The molecule has 0 aliphatic heterocycles. The molecule has 1 nitrogen and oxygen atoms in total. The molecular formula is C9H10F3N. The lowest BCUT2D eigenvalue weighted by atomic mass is 10.2. The van der Waals surface area contributed by atoms with Crippen molar-refractivity contribution in [1.29, 1.82) is 0 Å². The number of halogens is 3. The Morgan fingerprint density at radius 2 is 1.54 bits per heavy atom. The zero-order chi connectivity index (χ0) is 10.0. The van der Waals surface area contributed by atoms with Crippen LogP contribution in [0.15, 0.2) is 12.1 Å². The molecule has 0 spiro atoms. The summed E-state index contributed by atoms with van der Waals surface area (Å²) in [5.41, 5.74) is 0.418. The molecule has 72 valence electrons. The smallest absolute Gasteiger partial charge is 0.194 e. The van der Waals surface area contributed by atoms with Crippen LogP contribution in [-0.2, 0) is 6.54 Å². The number of hydrogen-bond acceptors (Lipinski definition) is 1. The second-order valence-electron chi connectivity index (χ2n) is 3.11. The van der Waals surface area contributed by atoms with Gasteiger partial charge in [0.15, 0.2) is 17.5 Å². The fourth-order valence-corrected chi connectivity index (χ4v) is 1.06. The highest BCUT2D eigenvalue weighted by Crippen LogP contribution is 2.14. The molecule has 13 heavy (non-hydrogen) atoms. The lowest BCUT2D eigenvalue weighted by molar-refractivity contribution is 0.394. The van der Waals surface area contributed by atoms with Gasteiger partial charge in [-0.3, -0.25) is 0 Å². The Labute approximate surface area is 74.8 Å². The third-order valence-corrected chi connectivity index (χ3v) is 1.54. The van der Waals surface area contributed by atoms with E-state index in [2.05, 4.69) is 0 Å². The van der Waals surface area contributed by atoms with Crippen LogP contribution in [-0.4, -0.2) is 19.0 Å². The van der Waals surface area contributed by atoms with Crippen molar-refractivity contribution in [3.8, 4) is 0 Å². The molecule has 0 saturated carbocycles. The van der Waals surface area contributed by atoms with Crippen LogP contribution in [0.1, 0.15) is 5.56 Å². The Morgan fingerprint density at radius 1 is 1.08 bits per heavy atom. The molecule has 0 unspecified atom stereocenters. The average Bonchev–Trinajstić information content (AvgIpc) is 1.98. The van der Waals surface area contributed by atoms with Crippen molar-refractivity contribution >= 4 is 0 Å². The molecule has 0 saturated heterocycles. The zero-order valence-electron chi connectivity index (χ0n) is 7.44. The van der Waals surface area contributed by atoms with Gasteiger partial charge >= 0.3 is 0 Å². The fourth-order valence-electron chi connectivity index (χ4n) is 1.06. The van der Waals surface area contributed by atoms with E-state index in [1.165, 1.54) is 0 Å². The van der Waals surface area contributed by atoms with Gasteiger partial charge < -0.3 is 4.90 Å². The van der Waals surface area contributed by atoms with Crippen molar-refractivity contribution in [2.75, 3.05) is 14.1 Å². The summed E-state index contributed by atoms with van der Waals surface area (Å²) < 4.78 is 37.8. The first-order valence-corrected chi connectivity index (χ1v) is 3.79. The van der Waals surface area contributed by atoms with Gasteiger partial charge in [0.1, 0.15) is 0 Å². The molecular weight excluding hydrogens is 179 g/mol. The predicted molar refractivity (Wildman–Crippen MR) is 43.7 cm³/mol. The molecule has 1 rings (SSSR count). The van der Waals surface area contributed by atoms with Crippen molar-refractivity contribution in [3.63, 3.8) is 0 Å². The van der Waals surface area contributed by atoms with Crippen LogP contribution >= 0.6 is 0 Å². The number of rotatable bonds is 2. The Bertz CT molecular complexity index is 287. The van der Waals surface area contributed by atoms with E-state index in [9.17, 15) is 13.2 Å². The second-order valence-corrected chi connectivity index (χ2v) is 3.11. The van der Waals surface area contributed by atoms with E-state index in [1.807, 2.05) is 0 Å². The van der Waals surface area contributed by atoms with E-state index in [4.69, 9.17) is 0 Å². The topological polar surface area (TPSA) is 3.24 Å². The summed E-state index contributed by atoms with van der Waals surface area (Å²) in [6, 6.07) is 2.00. The first-order valence-electron chi connectivity index (χ1n) is 3.79. The summed E-state index contributed by atoms with van der Waals surface area (Å²) >= 11 is 0. The van der Waals surface area contributed by atoms with Gasteiger partial charge in [0.25, 0.3) is 0 Å². The molecule has 0 fully saturated rings. The van der Waals surface area contributed by atoms with E-state index >= 15 is 0 Å². The molecule has 4 heteroatoms. The number of benzene rings is 1. The molecule has 1 aromatic rings. The molecule has 0 aliphatic rings. The van der Waals surface area contributed by atoms with E-state index < -0.39 is 17.5 Å². The van der Waals surface area contributed by atoms with Crippen molar-refractivity contribution in [3.05, 3.63) is 35.1 Å². The highest BCUT2D eigenvalue weighted by Gasteiger charge is 2.10. The van der Waals surface area contributed by atoms with Gasteiger partial charge in [0.2, 0.25) is 0 Å². The third-order valence-electron chi connectivity index (χ3n) is 1.54. The van der Waals surface area contributed by atoms with Gasteiger partial charge in [-0.05, 0) is 31.8 Å². The Hall–Kier alpha value is -1.03. The molecule has 0 heterocycles. The maximum absolute atomic E-state index is 12.7. The standard InChI is InChI=1S/C9H10F3N/c1-13(2)5-6-3-7(10)9(12)8(11)4-6/h3-4H,5H2,1-2H3. The van der Waals surface area contributed by atoms with Gasteiger partial charge in [0, 0.05) is 6.54 Å². The highest BCUT2D eigenvalue weighted by molar-refractivity contribution is 5.19. The third kappa shape index (κ3) is 2.45. The van der Waals surface area contributed by atoms with Crippen molar-refractivity contribution in [2.24, 2.45) is 0 Å². The largest absolute Gasteiger partial charge is 0.305 e. The summed E-state index contributed by atoms with van der Waals surface area (Å²) in [6.45, 7) is 0.383. The van der Waals surface area contributed by atoms with E-state index in [0.717, 1.165) is 12.1 Å². The summed E-state index contributed by atoms with van der Waals surface area (Å²) in [4.78, 5) is 1.74.